The van der Waals surface area contributed by atoms with Gasteiger partial charge >= 0.3 is 5.97 Å². The van der Waals surface area contributed by atoms with Gasteiger partial charge in [-0.3, -0.25) is 4.79 Å². The van der Waals surface area contributed by atoms with Crippen LogP contribution in [0, 0.1) is 11.8 Å². The smallest absolute Gasteiger partial charge is 0.307 e. The molecule has 108 valence electrons. The van der Waals surface area contributed by atoms with E-state index >= 15 is 0 Å². The molecule has 1 aromatic rings. The maximum atomic E-state index is 10.9. The molecule has 0 bridgehead atoms. The Kier molecular flexibility index (Phi) is 3.53. The maximum absolute atomic E-state index is 10.9. The summed E-state index contributed by atoms with van der Waals surface area (Å²) in [6.45, 7) is 2.13. The van der Waals surface area contributed by atoms with Gasteiger partial charge in [0, 0.05) is 5.92 Å². The van der Waals surface area contributed by atoms with E-state index in [9.17, 15) is 4.79 Å². The Morgan fingerprint density at radius 2 is 2.20 bits per heavy atom. The highest BCUT2D eigenvalue weighted by Gasteiger charge is 2.44. The van der Waals surface area contributed by atoms with Crippen LogP contribution in [-0.4, -0.2) is 38.0 Å². The van der Waals surface area contributed by atoms with Crippen molar-refractivity contribution in [1.82, 2.24) is 0 Å². The second kappa shape index (κ2) is 5.32. The monoisotopic (exact) mass is 278 g/mol. The fraction of sp³-hybridized carbons (Fsp3) is 0.533. The zero-order valence-corrected chi connectivity index (χ0v) is 11.4. The quantitative estimate of drug-likeness (QED) is 0.861. The van der Waals surface area contributed by atoms with Crippen LogP contribution in [-0.2, 0) is 9.53 Å². The Morgan fingerprint density at radius 3 is 2.75 bits per heavy atom. The summed E-state index contributed by atoms with van der Waals surface area (Å²) in [6, 6.07) is 5.69. The predicted molar refractivity (Wildman–Crippen MR) is 71.3 cm³/mol. The molecule has 20 heavy (non-hydrogen) atoms. The van der Waals surface area contributed by atoms with E-state index in [1.165, 1.54) is 0 Å². The van der Waals surface area contributed by atoms with Gasteiger partial charge in [0.25, 0.3) is 0 Å². The highest BCUT2D eigenvalue weighted by atomic mass is 16.5. The SMILES string of the molecule is COc1cc(C2CC2C(=O)O)ccc1OCC1COC1. The molecule has 1 aliphatic carbocycles. The Labute approximate surface area is 117 Å². The number of aliphatic carboxylic acids is 1. The van der Waals surface area contributed by atoms with Gasteiger partial charge < -0.3 is 19.3 Å². The minimum atomic E-state index is -0.723. The van der Waals surface area contributed by atoms with Gasteiger partial charge in [0.2, 0.25) is 0 Å². The lowest BCUT2D eigenvalue weighted by Crippen LogP contribution is -2.32. The average Bonchev–Trinajstić information content (AvgIpc) is 3.17. The molecule has 1 heterocycles. The molecule has 2 aliphatic rings. The first-order valence-electron chi connectivity index (χ1n) is 6.80. The van der Waals surface area contributed by atoms with Crippen molar-refractivity contribution in [3.8, 4) is 11.5 Å². The number of rotatable bonds is 6. The van der Waals surface area contributed by atoms with Crippen LogP contribution in [0.15, 0.2) is 18.2 Å². The van der Waals surface area contributed by atoms with E-state index < -0.39 is 5.97 Å². The lowest BCUT2D eigenvalue weighted by molar-refractivity contribution is -0.138. The molecule has 5 heteroatoms. The van der Waals surface area contributed by atoms with Crippen LogP contribution in [0.25, 0.3) is 0 Å². The van der Waals surface area contributed by atoms with Gasteiger partial charge in [-0.2, -0.15) is 0 Å². The van der Waals surface area contributed by atoms with Gasteiger partial charge in [-0.1, -0.05) is 6.07 Å². The molecule has 0 amide bonds. The normalized spacial score (nSPS) is 24.9. The first-order chi connectivity index (χ1) is 9.69. The van der Waals surface area contributed by atoms with Crippen LogP contribution in [0.2, 0.25) is 0 Å². The van der Waals surface area contributed by atoms with Crippen LogP contribution >= 0.6 is 0 Å². The molecular weight excluding hydrogens is 260 g/mol. The van der Waals surface area contributed by atoms with Crippen LogP contribution in [0.4, 0.5) is 0 Å². The first-order valence-corrected chi connectivity index (χ1v) is 6.80. The van der Waals surface area contributed by atoms with E-state index in [0.717, 1.165) is 18.8 Å². The standard InChI is InChI=1S/C15H18O5/c1-18-14-4-10(11-5-12(11)15(16)17)2-3-13(14)20-8-9-6-19-7-9/h2-4,9,11-12H,5-8H2,1H3,(H,16,17). The minimum Gasteiger partial charge on any atom is -0.493 e. The summed E-state index contributed by atoms with van der Waals surface area (Å²) < 4.78 is 16.2. The molecule has 2 atom stereocenters. The summed E-state index contributed by atoms with van der Waals surface area (Å²) in [4.78, 5) is 10.9. The summed E-state index contributed by atoms with van der Waals surface area (Å²) in [7, 11) is 1.60. The Bertz CT molecular complexity index is 509. The van der Waals surface area contributed by atoms with Gasteiger partial charge in [-0.05, 0) is 30.0 Å². The number of carboxylic acids is 1. The summed E-state index contributed by atoms with van der Waals surface area (Å²) in [6.07, 6.45) is 0.706. The van der Waals surface area contributed by atoms with Crippen LogP contribution in [0.1, 0.15) is 17.9 Å². The van der Waals surface area contributed by atoms with E-state index in [2.05, 4.69) is 0 Å². The van der Waals surface area contributed by atoms with Crippen molar-refractivity contribution in [3.05, 3.63) is 23.8 Å². The molecule has 3 rings (SSSR count). The largest absolute Gasteiger partial charge is 0.493 e. The number of ether oxygens (including phenoxy) is 3. The molecule has 1 aliphatic heterocycles. The lowest BCUT2D eigenvalue weighted by Gasteiger charge is -2.26. The van der Waals surface area contributed by atoms with E-state index in [1.807, 2.05) is 18.2 Å². The van der Waals surface area contributed by atoms with Gasteiger partial charge in [-0.25, -0.2) is 0 Å². The lowest BCUT2D eigenvalue weighted by atomic mass is 10.1. The highest BCUT2D eigenvalue weighted by Crippen LogP contribution is 2.49. The third kappa shape index (κ3) is 2.58. The molecule has 0 radical (unpaired) electrons. The van der Waals surface area contributed by atoms with Crippen LogP contribution < -0.4 is 9.47 Å². The third-order valence-electron chi connectivity index (χ3n) is 3.91. The van der Waals surface area contributed by atoms with Crippen LogP contribution in [0.3, 0.4) is 0 Å². The van der Waals surface area contributed by atoms with Crippen LogP contribution in [0.5, 0.6) is 11.5 Å². The van der Waals surface area contributed by atoms with E-state index in [1.54, 1.807) is 7.11 Å². The van der Waals surface area contributed by atoms with Gasteiger partial charge in [-0.15, -0.1) is 0 Å². The van der Waals surface area contributed by atoms with Crippen molar-refractivity contribution < 1.29 is 24.1 Å². The van der Waals surface area contributed by atoms with E-state index in [-0.39, 0.29) is 11.8 Å². The maximum Gasteiger partial charge on any atom is 0.307 e. The van der Waals surface area contributed by atoms with Gasteiger partial charge in [0.05, 0.1) is 32.8 Å². The summed E-state index contributed by atoms with van der Waals surface area (Å²) in [5.74, 6) is 0.960. The van der Waals surface area contributed by atoms with Crippen molar-refractivity contribution >= 4 is 5.97 Å². The topological polar surface area (TPSA) is 65.0 Å². The molecule has 1 saturated carbocycles. The number of carbonyl (C=O) groups is 1. The minimum absolute atomic E-state index is 0.107. The molecule has 0 aromatic heterocycles. The van der Waals surface area contributed by atoms with E-state index in [0.29, 0.717) is 30.4 Å². The van der Waals surface area contributed by atoms with Crippen molar-refractivity contribution in [1.29, 1.82) is 0 Å². The Morgan fingerprint density at radius 1 is 1.40 bits per heavy atom. The van der Waals surface area contributed by atoms with Crippen molar-refractivity contribution in [3.63, 3.8) is 0 Å². The molecule has 1 N–H and O–H groups in total. The molecule has 0 spiro atoms. The first kappa shape index (κ1) is 13.2. The zero-order chi connectivity index (χ0) is 14.1. The number of methoxy groups -OCH3 is 1. The van der Waals surface area contributed by atoms with Crippen molar-refractivity contribution in [2.24, 2.45) is 11.8 Å². The highest BCUT2D eigenvalue weighted by molar-refractivity contribution is 5.75. The number of hydrogen-bond acceptors (Lipinski definition) is 4. The molecule has 5 nitrogen and oxygen atoms in total. The molecule has 1 aromatic carbocycles. The number of hydrogen-bond donors (Lipinski definition) is 1. The number of benzene rings is 1. The molecule has 2 fully saturated rings. The second-order valence-corrected chi connectivity index (χ2v) is 5.41. The average molecular weight is 278 g/mol. The van der Waals surface area contributed by atoms with Gasteiger partial charge in [0.15, 0.2) is 11.5 Å². The van der Waals surface area contributed by atoms with Gasteiger partial charge in [0.1, 0.15) is 0 Å². The fourth-order valence-electron chi connectivity index (χ4n) is 2.46. The Hall–Kier alpha value is -1.75. The third-order valence-corrected chi connectivity index (χ3v) is 3.91. The molecule has 2 unspecified atom stereocenters. The fourth-order valence-corrected chi connectivity index (χ4v) is 2.46. The summed E-state index contributed by atoms with van der Waals surface area (Å²) in [5, 5.41) is 8.98. The van der Waals surface area contributed by atoms with E-state index in [4.69, 9.17) is 19.3 Å². The molecular formula is C15H18O5. The van der Waals surface area contributed by atoms with Crippen molar-refractivity contribution in [2.45, 2.75) is 12.3 Å². The summed E-state index contributed by atoms with van der Waals surface area (Å²) >= 11 is 0. The molecule has 1 saturated heterocycles. The predicted octanol–water partition coefficient (Wildman–Crippen LogP) is 1.91. The van der Waals surface area contributed by atoms with Crippen molar-refractivity contribution in [2.75, 3.05) is 26.9 Å². The number of carboxylic acid groups (broad SMARTS) is 1. The second-order valence-electron chi connectivity index (χ2n) is 5.41. The zero-order valence-electron chi connectivity index (χ0n) is 11.4. The summed E-state index contributed by atoms with van der Waals surface area (Å²) in [5.41, 5.74) is 1.01. The Balaban J connectivity index is 1.67.